The summed E-state index contributed by atoms with van der Waals surface area (Å²) >= 11 is 0. The average Bonchev–Trinajstić information content (AvgIpc) is 2.71. The fraction of sp³-hybridized carbons (Fsp3) is 0.300. The Labute approximate surface area is 163 Å². The quantitative estimate of drug-likeness (QED) is 0.686. The molecule has 3 rings (SSSR count). The Morgan fingerprint density at radius 2 is 2.04 bits per heavy atom. The van der Waals surface area contributed by atoms with Crippen molar-refractivity contribution in [2.75, 3.05) is 25.5 Å². The molecule has 0 radical (unpaired) electrons. The van der Waals surface area contributed by atoms with E-state index in [9.17, 15) is 14.4 Å². The predicted molar refractivity (Wildman–Crippen MR) is 105 cm³/mol. The molecule has 8 heteroatoms. The van der Waals surface area contributed by atoms with Crippen LogP contribution in [0.2, 0.25) is 0 Å². The summed E-state index contributed by atoms with van der Waals surface area (Å²) in [5.41, 5.74) is 2.13. The first-order valence-corrected chi connectivity index (χ1v) is 9.09. The zero-order valence-electron chi connectivity index (χ0n) is 15.6. The lowest BCUT2D eigenvalue weighted by Gasteiger charge is -2.34. The average molecular weight is 381 g/mol. The first-order valence-electron chi connectivity index (χ1n) is 9.09. The standard InChI is InChI=1S/C20H23N5O3/c1-21-18(26)11-17-20(28)23-9-10-25(17)13-14-4-6-15(7-5-14)19(27)24-16-3-2-8-22-12-16/h2-8,12,17H,9-11,13H2,1H3,(H,21,26)(H,23,28)(H,24,27)/t17-/m0/s1. The van der Waals surface area contributed by atoms with Crippen molar-refractivity contribution in [3.63, 3.8) is 0 Å². The van der Waals surface area contributed by atoms with Crippen molar-refractivity contribution < 1.29 is 14.4 Å². The topological polar surface area (TPSA) is 103 Å². The molecule has 1 saturated heterocycles. The van der Waals surface area contributed by atoms with Gasteiger partial charge in [-0.25, -0.2) is 0 Å². The lowest BCUT2D eigenvalue weighted by molar-refractivity contribution is -0.134. The number of pyridine rings is 1. The minimum atomic E-state index is -0.498. The summed E-state index contributed by atoms with van der Waals surface area (Å²) < 4.78 is 0. The molecule has 1 aliphatic rings. The van der Waals surface area contributed by atoms with Crippen LogP contribution in [0.4, 0.5) is 5.69 Å². The van der Waals surface area contributed by atoms with Crippen molar-refractivity contribution in [3.05, 3.63) is 59.9 Å². The van der Waals surface area contributed by atoms with Crippen LogP contribution in [0.25, 0.3) is 0 Å². The number of anilines is 1. The van der Waals surface area contributed by atoms with Gasteiger partial charge in [0.25, 0.3) is 5.91 Å². The lowest BCUT2D eigenvalue weighted by Crippen LogP contribution is -2.55. The normalized spacial score (nSPS) is 16.9. The molecule has 2 heterocycles. The van der Waals surface area contributed by atoms with E-state index in [1.54, 1.807) is 43.7 Å². The predicted octanol–water partition coefficient (Wildman–Crippen LogP) is 0.770. The van der Waals surface area contributed by atoms with Gasteiger partial charge in [-0.05, 0) is 29.8 Å². The molecule has 3 N–H and O–H groups in total. The molecule has 146 valence electrons. The fourth-order valence-electron chi connectivity index (χ4n) is 3.09. The molecular weight excluding hydrogens is 358 g/mol. The van der Waals surface area contributed by atoms with E-state index in [1.165, 1.54) is 0 Å². The highest BCUT2D eigenvalue weighted by atomic mass is 16.2. The molecule has 1 aromatic carbocycles. The number of rotatable bonds is 6. The van der Waals surface area contributed by atoms with Crippen LogP contribution in [-0.4, -0.2) is 53.8 Å². The molecule has 2 aromatic rings. The van der Waals surface area contributed by atoms with Gasteiger partial charge in [-0.15, -0.1) is 0 Å². The number of carbonyl (C=O) groups excluding carboxylic acids is 3. The van der Waals surface area contributed by atoms with Crippen molar-refractivity contribution in [1.29, 1.82) is 0 Å². The van der Waals surface area contributed by atoms with Crippen LogP contribution >= 0.6 is 0 Å². The smallest absolute Gasteiger partial charge is 0.255 e. The molecule has 0 bridgehead atoms. The summed E-state index contributed by atoms with van der Waals surface area (Å²) in [7, 11) is 1.56. The van der Waals surface area contributed by atoms with Crippen LogP contribution < -0.4 is 16.0 Å². The zero-order valence-corrected chi connectivity index (χ0v) is 15.6. The molecule has 1 atom stereocenters. The summed E-state index contributed by atoms with van der Waals surface area (Å²) in [4.78, 5) is 42.2. The fourth-order valence-corrected chi connectivity index (χ4v) is 3.09. The molecule has 1 fully saturated rings. The van der Waals surface area contributed by atoms with Crippen LogP contribution in [0.15, 0.2) is 48.8 Å². The number of aromatic nitrogens is 1. The van der Waals surface area contributed by atoms with Crippen molar-refractivity contribution in [3.8, 4) is 0 Å². The van der Waals surface area contributed by atoms with Crippen molar-refractivity contribution in [2.24, 2.45) is 0 Å². The maximum absolute atomic E-state index is 12.3. The monoisotopic (exact) mass is 381 g/mol. The van der Waals surface area contributed by atoms with Crippen LogP contribution in [0.1, 0.15) is 22.3 Å². The first kappa shape index (κ1) is 19.5. The summed E-state index contributed by atoms with van der Waals surface area (Å²) in [5, 5.41) is 8.16. The van der Waals surface area contributed by atoms with Crippen LogP contribution in [0.3, 0.4) is 0 Å². The van der Waals surface area contributed by atoms with Gasteiger partial charge in [-0.3, -0.25) is 24.3 Å². The van der Waals surface area contributed by atoms with Crippen molar-refractivity contribution in [2.45, 2.75) is 19.0 Å². The van der Waals surface area contributed by atoms with Crippen LogP contribution in [-0.2, 0) is 16.1 Å². The van der Waals surface area contributed by atoms with Gasteiger partial charge in [-0.2, -0.15) is 0 Å². The van der Waals surface area contributed by atoms with Gasteiger partial charge in [0.05, 0.1) is 24.3 Å². The molecule has 28 heavy (non-hydrogen) atoms. The molecule has 3 amide bonds. The maximum atomic E-state index is 12.3. The SMILES string of the molecule is CNC(=O)C[C@H]1C(=O)NCCN1Cc1ccc(C(=O)Nc2cccnc2)cc1. The van der Waals surface area contributed by atoms with Crippen molar-refractivity contribution >= 4 is 23.4 Å². The molecule has 8 nitrogen and oxygen atoms in total. The van der Waals surface area contributed by atoms with Gasteiger partial charge in [-0.1, -0.05) is 12.1 Å². The third-order valence-corrected chi connectivity index (χ3v) is 4.62. The minimum absolute atomic E-state index is 0.119. The molecule has 0 spiro atoms. The summed E-state index contributed by atoms with van der Waals surface area (Å²) in [6, 6.07) is 10.2. The number of amides is 3. The Hall–Kier alpha value is -3.26. The van der Waals surface area contributed by atoms with Gasteiger partial charge >= 0.3 is 0 Å². The number of nitrogens with one attached hydrogen (secondary N) is 3. The van der Waals surface area contributed by atoms with Gasteiger partial charge in [0, 0.05) is 38.4 Å². The summed E-state index contributed by atoms with van der Waals surface area (Å²) in [6.45, 7) is 1.74. The molecular formula is C20H23N5O3. The highest BCUT2D eigenvalue weighted by Gasteiger charge is 2.31. The Morgan fingerprint density at radius 3 is 2.71 bits per heavy atom. The largest absolute Gasteiger partial charge is 0.359 e. The maximum Gasteiger partial charge on any atom is 0.255 e. The number of carbonyl (C=O) groups is 3. The van der Waals surface area contributed by atoms with Gasteiger partial charge in [0.1, 0.15) is 0 Å². The van der Waals surface area contributed by atoms with E-state index in [4.69, 9.17) is 0 Å². The van der Waals surface area contributed by atoms with Crippen molar-refractivity contribution in [1.82, 2.24) is 20.5 Å². The Balaban J connectivity index is 1.64. The Morgan fingerprint density at radius 1 is 1.25 bits per heavy atom. The molecule has 0 unspecified atom stereocenters. The number of hydrogen-bond acceptors (Lipinski definition) is 5. The Bertz CT molecular complexity index is 839. The van der Waals surface area contributed by atoms with E-state index in [0.717, 1.165) is 5.56 Å². The van der Waals surface area contributed by atoms with E-state index < -0.39 is 6.04 Å². The van der Waals surface area contributed by atoms with E-state index in [0.29, 0.717) is 30.9 Å². The number of piperazine rings is 1. The van der Waals surface area contributed by atoms with E-state index in [1.807, 2.05) is 17.0 Å². The minimum Gasteiger partial charge on any atom is -0.359 e. The highest BCUT2D eigenvalue weighted by Crippen LogP contribution is 2.15. The summed E-state index contributed by atoms with van der Waals surface area (Å²) in [5.74, 6) is -0.522. The number of hydrogen-bond donors (Lipinski definition) is 3. The van der Waals surface area contributed by atoms with Gasteiger partial charge in [0.15, 0.2) is 0 Å². The highest BCUT2D eigenvalue weighted by molar-refractivity contribution is 6.04. The van der Waals surface area contributed by atoms with E-state index in [2.05, 4.69) is 20.9 Å². The second kappa shape index (κ2) is 9.09. The molecule has 0 saturated carbocycles. The van der Waals surface area contributed by atoms with Gasteiger partial charge in [0.2, 0.25) is 11.8 Å². The first-order chi connectivity index (χ1) is 13.6. The third kappa shape index (κ3) is 4.92. The molecule has 1 aromatic heterocycles. The molecule has 0 aliphatic carbocycles. The van der Waals surface area contributed by atoms with Crippen LogP contribution in [0, 0.1) is 0 Å². The second-order valence-electron chi connectivity index (χ2n) is 6.55. The zero-order chi connectivity index (χ0) is 19.9. The number of benzene rings is 1. The lowest BCUT2D eigenvalue weighted by atomic mass is 10.1. The third-order valence-electron chi connectivity index (χ3n) is 4.62. The van der Waals surface area contributed by atoms with E-state index in [-0.39, 0.29) is 24.1 Å². The summed E-state index contributed by atoms with van der Waals surface area (Å²) in [6.07, 6.45) is 3.34. The van der Waals surface area contributed by atoms with E-state index >= 15 is 0 Å². The Kier molecular flexibility index (Phi) is 6.33. The number of nitrogens with zero attached hydrogens (tertiary/aromatic N) is 2. The molecule has 1 aliphatic heterocycles. The second-order valence-corrected chi connectivity index (χ2v) is 6.55. The van der Waals surface area contributed by atoms with Crippen LogP contribution in [0.5, 0.6) is 0 Å². The van der Waals surface area contributed by atoms with Gasteiger partial charge < -0.3 is 16.0 Å².